The number of benzene rings is 10. The molecule has 0 fully saturated rings. The van der Waals surface area contributed by atoms with E-state index in [-0.39, 0.29) is 0 Å². The van der Waals surface area contributed by atoms with Gasteiger partial charge < -0.3 is 4.90 Å². The average Bonchev–Trinajstić information content (AvgIpc) is 3.73. The number of thiophene rings is 1. The molecule has 0 unspecified atom stereocenters. The molecule has 0 saturated heterocycles. The zero-order valence-electron chi connectivity index (χ0n) is 34.0. The summed E-state index contributed by atoms with van der Waals surface area (Å²) in [6, 6.07) is 90.5. The molecule has 10 aromatic carbocycles. The van der Waals surface area contributed by atoms with Gasteiger partial charge in [-0.3, -0.25) is 0 Å². The standard InChI is InChI=1S/C60H41NS/c1-5-19-42(20-6-1)49-27-13-15-29-53(49)54-30-16-14-28-50(54)45-33-35-47(36-34-45)61(48-37-38-56-55-31-17-18-32-57(55)62-58(56)41-48)60-52(44-23-9-3-10-24-44)40-39-51(43-21-7-2-8-22-43)59(60)46-25-11-4-12-26-46/h1-41H. The zero-order valence-corrected chi connectivity index (χ0v) is 34.8. The van der Waals surface area contributed by atoms with Crippen LogP contribution in [0.4, 0.5) is 17.1 Å². The van der Waals surface area contributed by atoms with Gasteiger partial charge in [-0.1, -0.05) is 218 Å². The molecule has 0 aliphatic carbocycles. The molecule has 0 saturated carbocycles. The van der Waals surface area contributed by atoms with Gasteiger partial charge in [0.1, 0.15) is 0 Å². The van der Waals surface area contributed by atoms with Gasteiger partial charge in [0.25, 0.3) is 0 Å². The molecule has 1 aromatic heterocycles. The quantitative estimate of drug-likeness (QED) is 0.140. The highest BCUT2D eigenvalue weighted by Crippen LogP contribution is 2.51. The van der Waals surface area contributed by atoms with Crippen molar-refractivity contribution in [1.29, 1.82) is 0 Å². The van der Waals surface area contributed by atoms with Crippen molar-refractivity contribution in [2.24, 2.45) is 0 Å². The first-order chi connectivity index (χ1) is 30.8. The van der Waals surface area contributed by atoms with Crippen LogP contribution in [0.25, 0.3) is 86.9 Å². The van der Waals surface area contributed by atoms with Gasteiger partial charge in [-0.2, -0.15) is 0 Å². The lowest BCUT2D eigenvalue weighted by molar-refractivity contribution is 1.29. The molecule has 1 nitrogen and oxygen atoms in total. The van der Waals surface area contributed by atoms with Crippen molar-refractivity contribution in [2.75, 3.05) is 4.90 Å². The Labute approximate surface area is 367 Å². The molecule has 292 valence electrons. The van der Waals surface area contributed by atoms with Crippen molar-refractivity contribution in [3.05, 3.63) is 249 Å². The minimum absolute atomic E-state index is 1.08. The van der Waals surface area contributed by atoms with E-state index in [9.17, 15) is 0 Å². The normalized spacial score (nSPS) is 11.2. The molecule has 1 heterocycles. The minimum Gasteiger partial charge on any atom is -0.309 e. The third-order valence-corrected chi connectivity index (χ3v) is 13.1. The fourth-order valence-electron chi connectivity index (χ4n) is 9.04. The summed E-state index contributed by atoms with van der Waals surface area (Å²) in [5.41, 5.74) is 17.6. The van der Waals surface area contributed by atoms with Crippen molar-refractivity contribution in [1.82, 2.24) is 0 Å². The molecule has 0 aliphatic rings. The average molecular weight is 808 g/mol. The van der Waals surface area contributed by atoms with Crippen LogP contribution in [-0.4, -0.2) is 0 Å². The number of anilines is 3. The molecule has 62 heavy (non-hydrogen) atoms. The van der Waals surface area contributed by atoms with Crippen LogP contribution in [0.3, 0.4) is 0 Å². The van der Waals surface area contributed by atoms with Gasteiger partial charge in [-0.25, -0.2) is 0 Å². The lowest BCUT2D eigenvalue weighted by Gasteiger charge is -2.32. The Morgan fingerprint density at radius 1 is 0.258 bits per heavy atom. The van der Waals surface area contributed by atoms with Crippen molar-refractivity contribution < 1.29 is 0 Å². The summed E-state index contributed by atoms with van der Waals surface area (Å²) >= 11 is 1.86. The van der Waals surface area contributed by atoms with E-state index in [1.807, 2.05) is 11.3 Å². The molecule has 11 rings (SSSR count). The third kappa shape index (κ3) is 6.87. The second-order valence-electron chi connectivity index (χ2n) is 15.6. The Balaban J connectivity index is 1.16. The first-order valence-electron chi connectivity index (χ1n) is 21.2. The van der Waals surface area contributed by atoms with Crippen LogP contribution in [-0.2, 0) is 0 Å². The molecule has 0 bridgehead atoms. The molecular formula is C60H41NS. The van der Waals surface area contributed by atoms with Crippen LogP contribution in [0.5, 0.6) is 0 Å². The van der Waals surface area contributed by atoms with Crippen LogP contribution in [0.2, 0.25) is 0 Å². The summed E-state index contributed by atoms with van der Waals surface area (Å²) < 4.78 is 2.56. The largest absolute Gasteiger partial charge is 0.309 e. The fraction of sp³-hybridized carbons (Fsp3) is 0. The van der Waals surface area contributed by atoms with Crippen LogP contribution in [0.15, 0.2) is 249 Å². The summed E-state index contributed by atoms with van der Waals surface area (Å²) in [5, 5.41) is 2.57. The predicted octanol–water partition coefficient (Wildman–Crippen LogP) is 17.5. The van der Waals surface area contributed by atoms with Crippen LogP contribution in [0.1, 0.15) is 0 Å². The van der Waals surface area contributed by atoms with Gasteiger partial charge in [0.15, 0.2) is 0 Å². The van der Waals surface area contributed by atoms with Crippen molar-refractivity contribution >= 4 is 48.6 Å². The van der Waals surface area contributed by atoms with Gasteiger partial charge in [0, 0.05) is 42.7 Å². The van der Waals surface area contributed by atoms with Crippen molar-refractivity contribution in [3.63, 3.8) is 0 Å². The minimum atomic E-state index is 1.08. The van der Waals surface area contributed by atoms with E-state index in [0.717, 1.165) is 39.3 Å². The summed E-state index contributed by atoms with van der Waals surface area (Å²) in [6.45, 7) is 0. The molecule has 0 aliphatic heterocycles. The van der Waals surface area contributed by atoms with Crippen LogP contribution < -0.4 is 4.90 Å². The number of nitrogens with zero attached hydrogens (tertiary/aromatic N) is 1. The van der Waals surface area contributed by atoms with E-state index in [1.54, 1.807) is 0 Å². The van der Waals surface area contributed by atoms with Gasteiger partial charge in [-0.15, -0.1) is 11.3 Å². The van der Waals surface area contributed by atoms with Gasteiger partial charge in [0.05, 0.1) is 5.69 Å². The number of hydrogen-bond acceptors (Lipinski definition) is 2. The summed E-state index contributed by atoms with van der Waals surface area (Å²) in [5.74, 6) is 0. The van der Waals surface area contributed by atoms with Crippen LogP contribution >= 0.6 is 11.3 Å². The van der Waals surface area contributed by atoms with E-state index in [2.05, 4.69) is 254 Å². The van der Waals surface area contributed by atoms with Gasteiger partial charge >= 0.3 is 0 Å². The smallest absolute Gasteiger partial charge is 0.0624 e. The Morgan fingerprint density at radius 3 is 1.27 bits per heavy atom. The third-order valence-electron chi connectivity index (χ3n) is 11.9. The number of hydrogen-bond donors (Lipinski definition) is 0. The Hall–Kier alpha value is -7.78. The molecule has 2 heteroatoms. The van der Waals surface area contributed by atoms with Crippen molar-refractivity contribution in [2.45, 2.75) is 0 Å². The maximum absolute atomic E-state index is 2.50. The monoisotopic (exact) mass is 807 g/mol. The Kier molecular flexibility index (Phi) is 9.82. The first kappa shape index (κ1) is 37.2. The lowest BCUT2D eigenvalue weighted by atomic mass is 9.87. The summed E-state index contributed by atoms with van der Waals surface area (Å²) in [6.07, 6.45) is 0. The van der Waals surface area contributed by atoms with E-state index in [0.29, 0.717) is 0 Å². The highest BCUT2D eigenvalue weighted by molar-refractivity contribution is 7.25. The lowest BCUT2D eigenvalue weighted by Crippen LogP contribution is -2.13. The van der Waals surface area contributed by atoms with Gasteiger partial charge in [0.2, 0.25) is 0 Å². The molecule has 11 aromatic rings. The summed E-state index contributed by atoms with van der Waals surface area (Å²) in [7, 11) is 0. The summed E-state index contributed by atoms with van der Waals surface area (Å²) in [4.78, 5) is 2.50. The molecular weight excluding hydrogens is 767 g/mol. The number of fused-ring (bicyclic) bond motifs is 3. The number of rotatable bonds is 9. The van der Waals surface area contributed by atoms with E-state index < -0.39 is 0 Å². The molecule has 0 atom stereocenters. The molecule has 0 amide bonds. The Morgan fingerprint density at radius 2 is 0.677 bits per heavy atom. The molecule has 0 radical (unpaired) electrons. The molecule has 0 N–H and O–H groups in total. The maximum atomic E-state index is 2.50. The van der Waals surface area contributed by atoms with E-state index >= 15 is 0 Å². The second kappa shape index (κ2) is 16.3. The topological polar surface area (TPSA) is 3.24 Å². The fourth-order valence-corrected chi connectivity index (χ4v) is 10.2. The molecule has 0 spiro atoms. The SMILES string of the molecule is c1ccc(-c2ccccc2-c2ccccc2-c2ccc(N(c3ccc4c(c3)sc3ccccc34)c3c(-c4ccccc4)ccc(-c4ccccc4)c3-c3ccccc3)cc2)cc1. The second-order valence-corrected chi connectivity index (χ2v) is 16.7. The predicted molar refractivity (Wildman–Crippen MR) is 267 cm³/mol. The van der Waals surface area contributed by atoms with Crippen LogP contribution in [0, 0.1) is 0 Å². The van der Waals surface area contributed by atoms with Gasteiger partial charge in [-0.05, 0) is 86.0 Å². The maximum Gasteiger partial charge on any atom is 0.0624 e. The van der Waals surface area contributed by atoms with E-state index in [1.165, 1.54) is 64.7 Å². The Bertz CT molecular complexity index is 3320. The van der Waals surface area contributed by atoms with E-state index in [4.69, 9.17) is 0 Å². The zero-order chi connectivity index (χ0) is 41.2. The first-order valence-corrected chi connectivity index (χ1v) is 22.0. The van der Waals surface area contributed by atoms with Crippen molar-refractivity contribution in [3.8, 4) is 66.8 Å². The highest BCUT2D eigenvalue weighted by atomic mass is 32.1. The highest BCUT2D eigenvalue weighted by Gasteiger charge is 2.26.